The summed E-state index contributed by atoms with van der Waals surface area (Å²) in [4.78, 5) is 6.84. The van der Waals surface area contributed by atoms with Gasteiger partial charge in [-0.2, -0.15) is 4.73 Å². The zero-order valence-corrected chi connectivity index (χ0v) is 7.00. The van der Waals surface area contributed by atoms with E-state index < -0.39 is 0 Å². The summed E-state index contributed by atoms with van der Waals surface area (Å²) in [6.07, 6.45) is 4.40. The van der Waals surface area contributed by atoms with Crippen molar-refractivity contribution in [3.05, 3.63) is 28.4 Å². The van der Waals surface area contributed by atoms with E-state index in [-0.39, 0.29) is 0 Å². The number of imidazole rings is 1. The van der Waals surface area contributed by atoms with Crippen molar-refractivity contribution in [2.45, 2.75) is 0 Å². The number of fused-ring (bicyclic) bond motifs is 1. The van der Waals surface area contributed by atoms with Crippen molar-refractivity contribution in [1.29, 1.82) is 0 Å². The van der Waals surface area contributed by atoms with Crippen molar-refractivity contribution in [1.82, 2.24) is 9.97 Å². The van der Waals surface area contributed by atoms with Gasteiger partial charge in [-0.05, 0) is 15.9 Å². The molecule has 2 heterocycles. The van der Waals surface area contributed by atoms with Crippen LogP contribution >= 0.6 is 15.9 Å². The van der Waals surface area contributed by atoms with Gasteiger partial charge in [-0.25, -0.2) is 4.98 Å². The van der Waals surface area contributed by atoms with Crippen LogP contribution in [-0.2, 0) is 0 Å². The summed E-state index contributed by atoms with van der Waals surface area (Å²) in [6, 6.07) is 0. The van der Waals surface area contributed by atoms with Crippen molar-refractivity contribution in [2.75, 3.05) is 0 Å². The number of nitrogens with one attached hydrogen (secondary N) is 1. The van der Waals surface area contributed by atoms with Gasteiger partial charge in [0.2, 0.25) is 6.20 Å². The van der Waals surface area contributed by atoms with Crippen molar-refractivity contribution >= 4 is 27.0 Å². The molecule has 56 valence electrons. The molecule has 0 aromatic carbocycles. The summed E-state index contributed by atoms with van der Waals surface area (Å²) >= 11 is 3.23. The lowest BCUT2D eigenvalue weighted by Gasteiger charge is -1.95. The van der Waals surface area contributed by atoms with Crippen molar-refractivity contribution < 1.29 is 4.73 Å². The number of hydrogen-bond donors (Lipinski definition) is 1. The van der Waals surface area contributed by atoms with E-state index in [9.17, 15) is 5.21 Å². The number of aromatic nitrogens is 3. The molecule has 2 aromatic heterocycles. The number of pyridine rings is 1. The molecular weight excluding hydrogens is 210 g/mol. The van der Waals surface area contributed by atoms with Gasteiger partial charge < -0.3 is 10.2 Å². The minimum atomic E-state index is 0.661. The predicted octanol–water partition coefficient (Wildman–Crippen LogP) is 0.959. The lowest BCUT2D eigenvalue weighted by Crippen LogP contribution is -2.24. The fraction of sp³-hybridized carbons (Fsp3) is 0. The van der Waals surface area contributed by atoms with Crippen LogP contribution in [0.15, 0.2) is 23.2 Å². The smallest absolute Gasteiger partial charge is 0.208 e. The largest absolute Gasteiger partial charge is 0.619 e. The zero-order valence-electron chi connectivity index (χ0n) is 5.41. The van der Waals surface area contributed by atoms with E-state index in [0.717, 1.165) is 9.99 Å². The Kier molecular flexibility index (Phi) is 1.32. The molecule has 0 unspecified atom stereocenters. The Morgan fingerprint density at radius 1 is 1.55 bits per heavy atom. The first-order valence-electron chi connectivity index (χ1n) is 2.99. The van der Waals surface area contributed by atoms with Crippen LogP contribution in [0.1, 0.15) is 0 Å². The minimum absolute atomic E-state index is 0.661. The molecule has 2 rings (SSSR count). The lowest BCUT2D eigenvalue weighted by atomic mass is 10.4. The maximum Gasteiger partial charge on any atom is 0.208 e. The quantitative estimate of drug-likeness (QED) is 0.524. The lowest BCUT2D eigenvalue weighted by molar-refractivity contribution is -0.604. The highest BCUT2D eigenvalue weighted by molar-refractivity contribution is 9.10. The van der Waals surface area contributed by atoms with Crippen molar-refractivity contribution in [2.24, 2.45) is 0 Å². The molecule has 0 radical (unpaired) electrons. The highest BCUT2D eigenvalue weighted by Gasteiger charge is 2.05. The molecule has 4 nitrogen and oxygen atoms in total. The Balaban J connectivity index is 2.91. The summed E-state index contributed by atoms with van der Waals surface area (Å²) in [5.41, 5.74) is 1.51. The Bertz CT molecular complexity index is 398. The number of rotatable bonds is 0. The number of nitrogens with zero attached hydrogens (tertiary/aromatic N) is 2. The number of aromatic amines is 1. The molecule has 0 saturated carbocycles. The second-order valence-electron chi connectivity index (χ2n) is 2.13. The van der Waals surface area contributed by atoms with E-state index in [4.69, 9.17) is 0 Å². The molecule has 0 fully saturated rings. The van der Waals surface area contributed by atoms with Crippen LogP contribution in [0.25, 0.3) is 11.0 Å². The molecule has 0 aliphatic carbocycles. The normalized spacial score (nSPS) is 10.6. The van der Waals surface area contributed by atoms with Crippen LogP contribution in [0.3, 0.4) is 0 Å². The summed E-state index contributed by atoms with van der Waals surface area (Å²) in [6.45, 7) is 0. The SMILES string of the molecule is [O-][n+]1cc(Br)c2[nH]cnc2c1. The van der Waals surface area contributed by atoms with Crippen LogP contribution in [0, 0.1) is 5.21 Å². The summed E-state index contributed by atoms with van der Waals surface area (Å²) in [5, 5.41) is 10.8. The molecule has 0 spiro atoms. The van der Waals surface area contributed by atoms with E-state index in [2.05, 4.69) is 25.9 Å². The zero-order chi connectivity index (χ0) is 7.84. The van der Waals surface area contributed by atoms with Crippen molar-refractivity contribution in [3.8, 4) is 0 Å². The number of halogens is 1. The number of hydrogen-bond acceptors (Lipinski definition) is 2. The van der Waals surface area contributed by atoms with Gasteiger partial charge in [0.25, 0.3) is 0 Å². The van der Waals surface area contributed by atoms with E-state index in [0.29, 0.717) is 10.2 Å². The third kappa shape index (κ3) is 0.970. The average molecular weight is 214 g/mol. The first kappa shape index (κ1) is 6.60. The van der Waals surface area contributed by atoms with Gasteiger partial charge in [-0.15, -0.1) is 0 Å². The first-order valence-corrected chi connectivity index (χ1v) is 3.78. The third-order valence-corrected chi connectivity index (χ3v) is 2.00. The van der Waals surface area contributed by atoms with Crippen molar-refractivity contribution in [3.63, 3.8) is 0 Å². The van der Waals surface area contributed by atoms with E-state index in [1.165, 1.54) is 12.4 Å². The topological polar surface area (TPSA) is 55.6 Å². The second kappa shape index (κ2) is 2.20. The Labute approximate surface area is 70.6 Å². The Morgan fingerprint density at radius 2 is 2.36 bits per heavy atom. The minimum Gasteiger partial charge on any atom is -0.619 e. The monoisotopic (exact) mass is 213 g/mol. The van der Waals surface area contributed by atoms with Gasteiger partial charge in [-0.1, -0.05) is 0 Å². The maximum atomic E-state index is 10.8. The highest BCUT2D eigenvalue weighted by Crippen LogP contribution is 2.16. The molecule has 0 aliphatic rings. The molecule has 11 heavy (non-hydrogen) atoms. The molecule has 1 N–H and O–H groups in total. The highest BCUT2D eigenvalue weighted by atomic mass is 79.9. The molecule has 0 amide bonds. The van der Waals surface area contributed by atoms with E-state index in [1.807, 2.05) is 0 Å². The average Bonchev–Trinajstić information content (AvgIpc) is 2.34. The van der Waals surface area contributed by atoms with Gasteiger partial charge in [0.15, 0.2) is 11.7 Å². The summed E-state index contributed by atoms with van der Waals surface area (Å²) in [7, 11) is 0. The molecule has 0 aliphatic heterocycles. The number of H-pyrrole nitrogens is 1. The van der Waals surface area contributed by atoms with Gasteiger partial charge in [0, 0.05) is 0 Å². The van der Waals surface area contributed by atoms with Crippen LogP contribution in [0.5, 0.6) is 0 Å². The molecule has 2 aromatic rings. The van der Waals surface area contributed by atoms with Crippen LogP contribution in [-0.4, -0.2) is 9.97 Å². The maximum absolute atomic E-state index is 10.8. The van der Waals surface area contributed by atoms with Gasteiger partial charge in [0.1, 0.15) is 4.47 Å². The molecule has 0 atom stereocenters. The van der Waals surface area contributed by atoms with Crippen LogP contribution in [0.4, 0.5) is 0 Å². The molecular formula is C6H4BrN3O. The summed E-state index contributed by atoms with van der Waals surface area (Å²) in [5.74, 6) is 0. The van der Waals surface area contributed by atoms with Crippen LogP contribution < -0.4 is 4.73 Å². The standard InChI is InChI=1S/C6H4BrN3O/c7-4-1-10(11)2-5-6(4)9-3-8-5/h1-3H,(H,8,9). The van der Waals surface area contributed by atoms with E-state index in [1.54, 1.807) is 6.33 Å². The third-order valence-electron chi connectivity index (χ3n) is 1.40. The molecule has 0 bridgehead atoms. The molecule has 0 saturated heterocycles. The van der Waals surface area contributed by atoms with Gasteiger partial charge >= 0.3 is 0 Å². The fourth-order valence-corrected chi connectivity index (χ4v) is 1.45. The Morgan fingerprint density at radius 3 is 3.18 bits per heavy atom. The first-order chi connectivity index (χ1) is 5.27. The second-order valence-corrected chi connectivity index (χ2v) is 2.98. The predicted molar refractivity (Wildman–Crippen MR) is 42.8 cm³/mol. The Hall–Kier alpha value is -1.10. The fourth-order valence-electron chi connectivity index (χ4n) is 0.928. The summed E-state index contributed by atoms with van der Waals surface area (Å²) < 4.78 is 1.44. The van der Waals surface area contributed by atoms with Gasteiger partial charge in [0.05, 0.1) is 11.8 Å². The molecule has 5 heteroatoms. The van der Waals surface area contributed by atoms with Gasteiger partial charge in [-0.3, -0.25) is 0 Å². The van der Waals surface area contributed by atoms with Crippen LogP contribution in [0.2, 0.25) is 0 Å². The van der Waals surface area contributed by atoms with E-state index >= 15 is 0 Å².